The van der Waals surface area contributed by atoms with Gasteiger partial charge in [-0.05, 0) is 17.5 Å². The van der Waals surface area contributed by atoms with Gasteiger partial charge < -0.3 is 11.1 Å². The Bertz CT molecular complexity index is 521. The second-order valence-corrected chi connectivity index (χ2v) is 4.58. The number of H-pyrrole nitrogens is 1. The molecule has 1 aromatic carbocycles. The monoisotopic (exact) mass is 273 g/mol. The SMILES string of the molecule is NCc1ccc(CC(=O)NCCCc2ncn[nH]2)cc1. The van der Waals surface area contributed by atoms with Gasteiger partial charge in [0.2, 0.25) is 5.91 Å². The molecular weight excluding hydrogens is 254 g/mol. The Hall–Kier alpha value is -2.21. The van der Waals surface area contributed by atoms with E-state index in [2.05, 4.69) is 20.5 Å². The number of nitrogens with one attached hydrogen (secondary N) is 2. The highest BCUT2D eigenvalue weighted by Gasteiger charge is 2.03. The van der Waals surface area contributed by atoms with Crippen LogP contribution in [-0.2, 0) is 24.2 Å². The minimum atomic E-state index is 0.0306. The van der Waals surface area contributed by atoms with E-state index < -0.39 is 0 Å². The largest absolute Gasteiger partial charge is 0.356 e. The van der Waals surface area contributed by atoms with Gasteiger partial charge in [0.15, 0.2) is 0 Å². The van der Waals surface area contributed by atoms with Crippen molar-refractivity contribution in [2.45, 2.75) is 25.8 Å². The minimum absolute atomic E-state index is 0.0306. The van der Waals surface area contributed by atoms with Crippen LogP contribution in [0, 0.1) is 0 Å². The number of hydrogen-bond acceptors (Lipinski definition) is 4. The predicted molar refractivity (Wildman–Crippen MR) is 75.8 cm³/mol. The first kappa shape index (κ1) is 14.2. The maximum atomic E-state index is 11.8. The van der Waals surface area contributed by atoms with Crippen LogP contribution in [0.5, 0.6) is 0 Å². The molecule has 0 bridgehead atoms. The molecule has 6 heteroatoms. The van der Waals surface area contributed by atoms with Gasteiger partial charge in [0.25, 0.3) is 0 Å². The van der Waals surface area contributed by atoms with E-state index in [1.807, 2.05) is 24.3 Å². The molecule has 0 aliphatic rings. The molecular formula is C14H19N5O. The summed E-state index contributed by atoms with van der Waals surface area (Å²) >= 11 is 0. The molecule has 1 aromatic heterocycles. The minimum Gasteiger partial charge on any atom is -0.356 e. The van der Waals surface area contributed by atoms with Gasteiger partial charge >= 0.3 is 0 Å². The Morgan fingerprint density at radius 3 is 2.65 bits per heavy atom. The number of aromatic amines is 1. The number of rotatable bonds is 7. The summed E-state index contributed by atoms with van der Waals surface area (Å²) in [5.74, 6) is 0.875. The molecule has 0 fully saturated rings. The molecule has 0 unspecified atom stereocenters. The van der Waals surface area contributed by atoms with Gasteiger partial charge in [-0.2, -0.15) is 5.10 Å². The van der Waals surface area contributed by atoms with Crippen molar-refractivity contribution in [2.75, 3.05) is 6.54 Å². The van der Waals surface area contributed by atoms with E-state index >= 15 is 0 Å². The summed E-state index contributed by atoms with van der Waals surface area (Å²) in [5, 5.41) is 9.46. The van der Waals surface area contributed by atoms with Crippen molar-refractivity contribution in [1.82, 2.24) is 20.5 Å². The average molecular weight is 273 g/mol. The molecule has 2 aromatic rings. The van der Waals surface area contributed by atoms with E-state index in [1.54, 1.807) is 0 Å². The van der Waals surface area contributed by atoms with Crippen molar-refractivity contribution in [3.05, 3.63) is 47.5 Å². The first-order chi connectivity index (χ1) is 9.78. The van der Waals surface area contributed by atoms with Crippen LogP contribution < -0.4 is 11.1 Å². The van der Waals surface area contributed by atoms with Crippen LogP contribution in [-0.4, -0.2) is 27.6 Å². The van der Waals surface area contributed by atoms with Gasteiger partial charge in [0.05, 0.1) is 6.42 Å². The number of carbonyl (C=O) groups excluding carboxylic acids is 1. The molecule has 6 nitrogen and oxygen atoms in total. The normalized spacial score (nSPS) is 10.4. The van der Waals surface area contributed by atoms with Crippen molar-refractivity contribution in [2.24, 2.45) is 5.73 Å². The highest BCUT2D eigenvalue weighted by atomic mass is 16.1. The van der Waals surface area contributed by atoms with Crippen molar-refractivity contribution in [3.63, 3.8) is 0 Å². The molecule has 0 aliphatic carbocycles. The third-order valence-electron chi connectivity index (χ3n) is 3.00. The number of nitrogens with two attached hydrogens (primary N) is 1. The van der Waals surface area contributed by atoms with Gasteiger partial charge in [0, 0.05) is 19.5 Å². The number of carbonyl (C=O) groups is 1. The van der Waals surface area contributed by atoms with Crippen LogP contribution in [0.25, 0.3) is 0 Å². The zero-order valence-electron chi connectivity index (χ0n) is 11.3. The molecule has 0 atom stereocenters. The lowest BCUT2D eigenvalue weighted by molar-refractivity contribution is -0.120. The fraction of sp³-hybridized carbons (Fsp3) is 0.357. The molecule has 0 spiro atoms. The van der Waals surface area contributed by atoms with Gasteiger partial charge in [0.1, 0.15) is 12.2 Å². The van der Waals surface area contributed by atoms with Crippen LogP contribution in [0.2, 0.25) is 0 Å². The smallest absolute Gasteiger partial charge is 0.224 e. The lowest BCUT2D eigenvalue weighted by Crippen LogP contribution is -2.26. The van der Waals surface area contributed by atoms with E-state index in [1.165, 1.54) is 6.33 Å². The predicted octanol–water partition coefficient (Wildman–Crippen LogP) is 0.555. The maximum absolute atomic E-state index is 11.8. The summed E-state index contributed by atoms with van der Waals surface area (Å²) in [6, 6.07) is 7.78. The molecule has 2 rings (SSSR count). The standard InChI is InChI=1S/C14H19N5O/c15-9-12-5-3-11(4-6-12)8-14(20)16-7-1-2-13-17-10-18-19-13/h3-6,10H,1-2,7-9,15H2,(H,16,20)(H,17,18,19). The Labute approximate surface area is 117 Å². The number of benzene rings is 1. The zero-order chi connectivity index (χ0) is 14.2. The number of aromatic nitrogens is 3. The van der Waals surface area contributed by atoms with Gasteiger partial charge in [-0.15, -0.1) is 0 Å². The van der Waals surface area contributed by atoms with E-state index in [4.69, 9.17) is 5.73 Å². The number of aryl methyl sites for hydroxylation is 1. The second kappa shape index (κ2) is 7.40. The molecule has 20 heavy (non-hydrogen) atoms. The third kappa shape index (κ3) is 4.47. The van der Waals surface area contributed by atoms with Crippen LogP contribution in [0.3, 0.4) is 0 Å². The summed E-state index contributed by atoms with van der Waals surface area (Å²) in [5.41, 5.74) is 7.60. The fourth-order valence-electron chi connectivity index (χ4n) is 1.88. The zero-order valence-corrected chi connectivity index (χ0v) is 11.3. The fourth-order valence-corrected chi connectivity index (χ4v) is 1.88. The molecule has 1 heterocycles. The summed E-state index contributed by atoms with van der Waals surface area (Å²) in [7, 11) is 0. The molecule has 0 saturated heterocycles. The first-order valence-electron chi connectivity index (χ1n) is 6.67. The number of hydrogen-bond donors (Lipinski definition) is 3. The molecule has 0 aliphatic heterocycles. The highest BCUT2D eigenvalue weighted by Crippen LogP contribution is 2.04. The van der Waals surface area contributed by atoms with Crippen LogP contribution in [0.4, 0.5) is 0 Å². The van der Waals surface area contributed by atoms with Crippen molar-refractivity contribution < 1.29 is 4.79 Å². The summed E-state index contributed by atoms with van der Waals surface area (Å²) in [6.07, 6.45) is 3.50. The Morgan fingerprint density at radius 1 is 1.25 bits per heavy atom. The highest BCUT2D eigenvalue weighted by molar-refractivity contribution is 5.78. The Morgan fingerprint density at radius 2 is 2.00 bits per heavy atom. The Kier molecular flexibility index (Phi) is 5.25. The Balaban J connectivity index is 1.66. The van der Waals surface area contributed by atoms with Crippen LogP contribution in [0.1, 0.15) is 23.4 Å². The molecule has 1 amide bonds. The molecule has 0 saturated carbocycles. The first-order valence-corrected chi connectivity index (χ1v) is 6.67. The molecule has 0 radical (unpaired) electrons. The summed E-state index contributed by atoms with van der Waals surface area (Å²) < 4.78 is 0. The summed E-state index contributed by atoms with van der Waals surface area (Å²) in [6.45, 7) is 1.16. The third-order valence-corrected chi connectivity index (χ3v) is 3.00. The van der Waals surface area contributed by atoms with E-state index in [9.17, 15) is 4.79 Å². The van der Waals surface area contributed by atoms with Crippen molar-refractivity contribution in [3.8, 4) is 0 Å². The lowest BCUT2D eigenvalue weighted by atomic mass is 10.1. The van der Waals surface area contributed by atoms with Gasteiger partial charge in [-0.3, -0.25) is 9.89 Å². The quantitative estimate of drug-likeness (QED) is 0.642. The van der Waals surface area contributed by atoms with E-state index in [-0.39, 0.29) is 5.91 Å². The van der Waals surface area contributed by atoms with Gasteiger partial charge in [-0.25, -0.2) is 4.98 Å². The van der Waals surface area contributed by atoms with Gasteiger partial charge in [-0.1, -0.05) is 24.3 Å². The van der Waals surface area contributed by atoms with E-state index in [0.29, 0.717) is 19.5 Å². The number of nitrogens with zero attached hydrogens (tertiary/aromatic N) is 2. The average Bonchev–Trinajstić information content (AvgIpc) is 2.98. The van der Waals surface area contributed by atoms with Crippen LogP contribution >= 0.6 is 0 Å². The maximum Gasteiger partial charge on any atom is 0.224 e. The van der Waals surface area contributed by atoms with Crippen molar-refractivity contribution in [1.29, 1.82) is 0 Å². The summed E-state index contributed by atoms with van der Waals surface area (Å²) in [4.78, 5) is 15.8. The molecule has 106 valence electrons. The van der Waals surface area contributed by atoms with Crippen molar-refractivity contribution >= 4 is 5.91 Å². The molecule has 4 N–H and O–H groups in total. The number of amides is 1. The topological polar surface area (TPSA) is 96.7 Å². The second-order valence-electron chi connectivity index (χ2n) is 4.58. The van der Waals surface area contributed by atoms with Crippen LogP contribution in [0.15, 0.2) is 30.6 Å². The lowest BCUT2D eigenvalue weighted by Gasteiger charge is -2.05. The van der Waals surface area contributed by atoms with E-state index in [0.717, 1.165) is 29.8 Å².